The van der Waals surface area contributed by atoms with Gasteiger partial charge >= 0.3 is 11.9 Å². The third-order valence-electron chi connectivity index (χ3n) is 9.14. The fraction of sp³-hybridized carbons (Fsp3) is 0.0526. The maximum absolute atomic E-state index is 13.5. The number of azo groups is 3. The molecule has 0 aromatic heterocycles. The molecule has 1 amide bonds. The van der Waals surface area contributed by atoms with Crippen LogP contribution in [0.3, 0.4) is 0 Å². The molecule has 6 aromatic rings. The minimum absolute atomic E-state index is 0.0297. The van der Waals surface area contributed by atoms with Gasteiger partial charge in [0.25, 0.3) is 26.1 Å². The Morgan fingerprint density at radius 1 is 0.629 bits per heavy atom. The van der Waals surface area contributed by atoms with Crippen LogP contribution in [0.1, 0.15) is 27.6 Å². The summed E-state index contributed by atoms with van der Waals surface area (Å²) in [6.07, 6.45) is 0. The summed E-state index contributed by atoms with van der Waals surface area (Å²) in [5.41, 5.74) is -1.67. The van der Waals surface area contributed by atoms with Crippen molar-refractivity contribution in [2.75, 3.05) is 5.01 Å². The second-order valence-corrected chi connectivity index (χ2v) is 15.9. The van der Waals surface area contributed by atoms with Gasteiger partial charge in [0.05, 0.1) is 38.9 Å². The number of amides is 1. The molecule has 22 nitrogen and oxygen atoms in total. The van der Waals surface area contributed by atoms with Gasteiger partial charge in [-0.1, -0.05) is 18.2 Å². The molecule has 0 bridgehead atoms. The van der Waals surface area contributed by atoms with E-state index in [-0.39, 0.29) is 61.3 Å². The quantitative estimate of drug-likeness (QED) is 0.0484. The Hall–Kier alpha value is -8.06. The highest BCUT2D eigenvalue weighted by Gasteiger charge is 2.35. The number of carbonyl (C=O) groups excluding carboxylic acids is 1. The number of benzene rings is 6. The lowest BCUT2D eigenvalue weighted by Crippen LogP contribution is -2.29. The van der Waals surface area contributed by atoms with Gasteiger partial charge in [0, 0.05) is 33.7 Å². The Morgan fingerprint density at radius 3 is 1.94 bits per heavy atom. The summed E-state index contributed by atoms with van der Waals surface area (Å²) in [6, 6.07) is 16.0. The van der Waals surface area contributed by atoms with Crippen molar-refractivity contribution in [3.05, 3.63) is 102 Å². The van der Waals surface area contributed by atoms with E-state index in [2.05, 4.69) is 35.8 Å². The number of phenolic OH excluding ortho intramolecular Hbond substituents is 2. The van der Waals surface area contributed by atoms with Crippen LogP contribution in [0.5, 0.6) is 17.2 Å². The van der Waals surface area contributed by atoms with Crippen molar-refractivity contribution >= 4 is 99.5 Å². The minimum Gasteiger partial charge on any atom is -0.507 e. The van der Waals surface area contributed by atoms with E-state index in [4.69, 9.17) is 0 Å². The number of fused-ring (bicyclic) bond motifs is 2. The summed E-state index contributed by atoms with van der Waals surface area (Å²) in [6.45, 7) is 1.45. The maximum Gasteiger partial charge on any atom is 0.339 e. The Morgan fingerprint density at radius 2 is 1.27 bits per heavy atom. The van der Waals surface area contributed by atoms with Gasteiger partial charge in [0.2, 0.25) is 0 Å². The molecule has 1 aliphatic rings. The fourth-order valence-corrected chi connectivity index (χ4v) is 7.42. The second kappa shape index (κ2) is 15.8. The number of hydrogen-bond acceptors (Lipinski definition) is 17. The first-order valence-corrected chi connectivity index (χ1v) is 20.2. The zero-order valence-electron chi connectivity index (χ0n) is 31.1. The number of anilines is 1. The number of rotatable bonds is 11. The number of hydrogen-bond donors (Lipinski definition) is 7. The molecule has 62 heavy (non-hydrogen) atoms. The molecule has 0 aliphatic carbocycles. The summed E-state index contributed by atoms with van der Waals surface area (Å²) in [5, 5.41) is 79.3. The van der Waals surface area contributed by atoms with Gasteiger partial charge < -0.3 is 25.5 Å². The zero-order valence-corrected chi connectivity index (χ0v) is 32.8. The summed E-state index contributed by atoms with van der Waals surface area (Å²) in [4.78, 5) is 35.2. The molecule has 0 saturated carbocycles. The molecule has 314 valence electrons. The largest absolute Gasteiger partial charge is 0.507 e. The number of carboxylic acids is 2. The average Bonchev–Trinajstić information content (AvgIpc) is 3.50. The van der Waals surface area contributed by atoms with Crippen LogP contribution >= 0.6 is 0 Å². The zero-order chi connectivity index (χ0) is 44.8. The summed E-state index contributed by atoms with van der Waals surface area (Å²) >= 11 is 0. The van der Waals surface area contributed by atoms with Gasteiger partial charge in [0.1, 0.15) is 39.1 Å². The van der Waals surface area contributed by atoms with E-state index < -0.39 is 82.4 Å². The van der Waals surface area contributed by atoms with Crippen molar-refractivity contribution < 1.29 is 65.9 Å². The standard InChI is InChI=1S/C38H26N8O14S2/c1-17-33(42-40-27-5-3-2-4-23(27)37(51)52)36(50)46(45-17)19-7-9-22-25(13-19)32(62(58,59)60)16-31(49)35(22)44-43-34-21-10-8-20(61(55,56)57)14-24(21)28(15-30(34)48)41-39-18-6-11-29(47)26(12-18)38(53)54/h2-16,33,47-49H,1H3,(H,51,52)(H,53,54)(H,55,56,57)(H,58,59,60). The predicted molar refractivity (Wildman–Crippen MR) is 217 cm³/mol. The number of carboxylic acid groups (broad SMARTS) is 2. The molecule has 0 spiro atoms. The topological polar surface area (TPSA) is 351 Å². The smallest absolute Gasteiger partial charge is 0.339 e. The summed E-state index contributed by atoms with van der Waals surface area (Å²) < 4.78 is 69.2. The predicted octanol–water partition coefficient (Wildman–Crippen LogP) is 7.71. The van der Waals surface area contributed by atoms with E-state index in [1.165, 1.54) is 49.4 Å². The van der Waals surface area contributed by atoms with E-state index >= 15 is 0 Å². The van der Waals surface area contributed by atoms with Gasteiger partial charge in [-0.2, -0.15) is 42.3 Å². The van der Waals surface area contributed by atoms with E-state index in [9.17, 15) is 65.9 Å². The molecule has 1 aliphatic heterocycles. The van der Waals surface area contributed by atoms with Crippen LogP contribution < -0.4 is 5.01 Å². The molecule has 7 N–H and O–H groups in total. The fourth-order valence-electron chi connectivity index (χ4n) is 6.21. The second-order valence-electron chi connectivity index (χ2n) is 13.1. The van der Waals surface area contributed by atoms with E-state index in [0.717, 1.165) is 47.5 Å². The number of nitrogens with zero attached hydrogens (tertiary/aromatic N) is 8. The van der Waals surface area contributed by atoms with Crippen LogP contribution in [0.25, 0.3) is 21.5 Å². The number of aromatic hydroxyl groups is 3. The van der Waals surface area contributed by atoms with Crippen molar-refractivity contribution in [1.29, 1.82) is 0 Å². The van der Waals surface area contributed by atoms with Crippen LogP contribution in [-0.2, 0) is 25.0 Å². The van der Waals surface area contributed by atoms with Crippen LogP contribution in [0, 0.1) is 0 Å². The normalized spacial score (nSPS) is 14.8. The van der Waals surface area contributed by atoms with Crippen molar-refractivity contribution in [3.63, 3.8) is 0 Å². The number of aromatic carboxylic acids is 2. The molecule has 1 unspecified atom stereocenters. The molecular weight excluding hydrogens is 857 g/mol. The summed E-state index contributed by atoms with van der Waals surface area (Å²) in [5.74, 6) is -5.53. The van der Waals surface area contributed by atoms with Crippen LogP contribution in [0.4, 0.5) is 34.1 Å². The molecule has 0 fully saturated rings. The molecule has 24 heteroatoms. The maximum atomic E-state index is 13.5. The van der Waals surface area contributed by atoms with E-state index in [1.54, 1.807) is 0 Å². The van der Waals surface area contributed by atoms with E-state index in [1.807, 2.05) is 0 Å². The first-order chi connectivity index (χ1) is 29.2. The highest BCUT2D eigenvalue weighted by Crippen LogP contribution is 2.46. The van der Waals surface area contributed by atoms with Crippen LogP contribution in [0.2, 0.25) is 0 Å². The van der Waals surface area contributed by atoms with Crippen molar-refractivity contribution in [2.45, 2.75) is 22.8 Å². The molecule has 7 rings (SSSR count). The molecular formula is C38H26N8O14S2. The molecule has 1 heterocycles. The van der Waals surface area contributed by atoms with E-state index in [0.29, 0.717) is 6.07 Å². The minimum atomic E-state index is -5.08. The monoisotopic (exact) mass is 882 g/mol. The molecule has 0 radical (unpaired) electrons. The molecule has 6 aromatic carbocycles. The molecule has 1 atom stereocenters. The van der Waals surface area contributed by atoms with Gasteiger partial charge in [-0.25, -0.2) is 9.59 Å². The number of hydrazone groups is 1. The van der Waals surface area contributed by atoms with Gasteiger partial charge in [-0.3, -0.25) is 13.9 Å². The Bertz CT molecular complexity index is 3300. The third-order valence-corrected chi connectivity index (χ3v) is 10.9. The Balaban J connectivity index is 1.30. The first kappa shape index (κ1) is 42.1. The Kier molecular flexibility index (Phi) is 10.8. The highest BCUT2D eigenvalue weighted by molar-refractivity contribution is 7.86. The van der Waals surface area contributed by atoms with Crippen LogP contribution in [0.15, 0.2) is 137 Å². The lowest BCUT2D eigenvalue weighted by molar-refractivity contribution is -0.117. The van der Waals surface area contributed by atoms with Gasteiger partial charge in [-0.05, 0) is 67.6 Å². The van der Waals surface area contributed by atoms with Crippen LogP contribution in [-0.4, -0.2) is 81.1 Å². The number of carbonyl (C=O) groups is 3. The average molecular weight is 883 g/mol. The first-order valence-electron chi connectivity index (χ1n) is 17.3. The highest BCUT2D eigenvalue weighted by atomic mass is 32.2. The van der Waals surface area contributed by atoms with Gasteiger partial charge in [0.15, 0.2) is 6.04 Å². The van der Waals surface area contributed by atoms with Crippen molar-refractivity contribution in [2.24, 2.45) is 35.8 Å². The SMILES string of the molecule is CC1=NN(c2ccc3c(N=Nc4c(O)cc(N=Nc5ccc(O)c(C(=O)O)c5)c5cc(S(=O)(=O)O)ccc45)c(O)cc(S(=O)(=O)O)c3c2)C(=O)C1N=Nc1ccccc1C(=O)O. The van der Waals surface area contributed by atoms with Crippen molar-refractivity contribution in [1.82, 2.24) is 0 Å². The Labute approximate surface area is 347 Å². The lowest BCUT2D eigenvalue weighted by atomic mass is 10.1. The van der Waals surface area contributed by atoms with Gasteiger partial charge in [-0.15, -0.1) is 15.3 Å². The van der Waals surface area contributed by atoms with Crippen molar-refractivity contribution in [3.8, 4) is 17.2 Å². The number of phenols is 3. The summed E-state index contributed by atoms with van der Waals surface area (Å²) in [7, 11) is -9.88. The third kappa shape index (κ3) is 8.11. The molecule has 0 saturated heterocycles. The lowest BCUT2D eigenvalue weighted by Gasteiger charge is -2.15.